The molecule has 2 rings (SSSR count). The van der Waals surface area contributed by atoms with Gasteiger partial charge < -0.3 is 14.8 Å². The third kappa shape index (κ3) is 5.55. The summed E-state index contributed by atoms with van der Waals surface area (Å²) in [6, 6.07) is 7.12. The van der Waals surface area contributed by atoms with Gasteiger partial charge in [0, 0.05) is 11.3 Å². The Labute approximate surface area is 172 Å². The third-order valence-electron chi connectivity index (χ3n) is 3.60. The number of hydrogen-bond donors (Lipinski definition) is 1. The van der Waals surface area contributed by atoms with Gasteiger partial charge >= 0.3 is 0 Å². The molecule has 0 saturated heterocycles. The van der Waals surface area contributed by atoms with E-state index in [-0.39, 0.29) is 29.2 Å². The zero-order chi connectivity index (χ0) is 21.0. The Morgan fingerprint density at radius 1 is 1.00 bits per heavy atom. The summed E-state index contributed by atoms with van der Waals surface area (Å²) < 4.78 is 26.1. The predicted octanol–water partition coefficient (Wildman–Crippen LogP) is 5.62. The quantitative estimate of drug-likeness (QED) is 0.554. The Morgan fingerprint density at radius 2 is 1.54 bits per heavy atom. The van der Waals surface area contributed by atoms with E-state index in [9.17, 15) is 14.0 Å². The van der Waals surface area contributed by atoms with Gasteiger partial charge in [-0.05, 0) is 80.9 Å². The fraction of sp³-hybridized carbons (Fsp3) is 0.333. The van der Waals surface area contributed by atoms with Crippen molar-refractivity contribution in [2.45, 2.75) is 46.8 Å². The molecule has 0 unspecified atom stereocenters. The smallest absolute Gasteiger partial charge is 0.255 e. The lowest BCUT2D eigenvalue weighted by molar-refractivity contribution is 0.101. The Bertz CT molecular complexity index is 865. The van der Waals surface area contributed by atoms with E-state index in [4.69, 9.17) is 9.47 Å². The highest BCUT2D eigenvalue weighted by Gasteiger charge is 2.18. The Kier molecular flexibility index (Phi) is 7.18. The summed E-state index contributed by atoms with van der Waals surface area (Å²) in [5.74, 6) is -0.583. The molecule has 1 N–H and O–H groups in total. The van der Waals surface area contributed by atoms with Crippen LogP contribution in [0, 0.1) is 5.82 Å². The van der Waals surface area contributed by atoms with Gasteiger partial charge in [-0.25, -0.2) is 4.39 Å². The number of anilines is 1. The number of hydrogen-bond acceptors (Lipinski definition) is 4. The Hall–Kier alpha value is -2.41. The van der Waals surface area contributed by atoms with Crippen molar-refractivity contribution in [3.8, 4) is 11.5 Å². The number of Topliss-reactive ketones (excluding diaryl/α,β-unsaturated/α-hetero) is 1. The molecular formula is C21H23BrFNO4. The van der Waals surface area contributed by atoms with E-state index in [1.807, 2.05) is 27.7 Å². The summed E-state index contributed by atoms with van der Waals surface area (Å²) in [7, 11) is 0. The molecule has 7 heteroatoms. The first-order chi connectivity index (χ1) is 13.1. The van der Waals surface area contributed by atoms with E-state index < -0.39 is 11.7 Å². The van der Waals surface area contributed by atoms with Crippen molar-refractivity contribution < 1.29 is 23.5 Å². The summed E-state index contributed by atoms with van der Waals surface area (Å²) in [5.41, 5.74) is 0.514. The number of amides is 1. The lowest BCUT2D eigenvalue weighted by atomic mass is 10.1. The zero-order valence-electron chi connectivity index (χ0n) is 16.4. The minimum absolute atomic E-state index is 0.0260. The van der Waals surface area contributed by atoms with Crippen LogP contribution in [0.25, 0.3) is 0 Å². The van der Waals surface area contributed by atoms with Crippen LogP contribution in [0.1, 0.15) is 55.3 Å². The Morgan fingerprint density at radius 3 is 1.96 bits per heavy atom. The summed E-state index contributed by atoms with van der Waals surface area (Å²) in [6.45, 7) is 8.79. The average Bonchev–Trinajstić information content (AvgIpc) is 2.57. The first kappa shape index (κ1) is 21.9. The number of carbonyl (C=O) groups excluding carboxylic acids is 2. The van der Waals surface area contributed by atoms with Crippen LogP contribution in [0.15, 0.2) is 34.8 Å². The molecule has 0 aliphatic rings. The van der Waals surface area contributed by atoms with Crippen molar-refractivity contribution in [3.05, 3.63) is 51.7 Å². The maximum atomic E-state index is 14.0. The topological polar surface area (TPSA) is 64.6 Å². The summed E-state index contributed by atoms with van der Waals surface area (Å²) in [6.07, 6.45) is -0.204. The molecular weight excluding hydrogens is 429 g/mol. The molecule has 0 atom stereocenters. The second-order valence-corrected chi connectivity index (χ2v) is 7.62. The highest BCUT2D eigenvalue weighted by Crippen LogP contribution is 2.37. The highest BCUT2D eigenvalue weighted by atomic mass is 79.9. The zero-order valence-corrected chi connectivity index (χ0v) is 18.0. The lowest BCUT2D eigenvalue weighted by Crippen LogP contribution is -2.15. The van der Waals surface area contributed by atoms with Crippen molar-refractivity contribution in [2.75, 3.05) is 5.32 Å². The molecule has 150 valence electrons. The molecule has 2 aromatic carbocycles. The molecule has 0 aliphatic carbocycles. The number of ketones is 1. The van der Waals surface area contributed by atoms with E-state index in [2.05, 4.69) is 21.2 Å². The molecule has 0 fully saturated rings. The van der Waals surface area contributed by atoms with E-state index in [1.165, 1.54) is 19.1 Å². The van der Waals surface area contributed by atoms with Gasteiger partial charge in [0.15, 0.2) is 5.78 Å². The maximum absolute atomic E-state index is 14.0. The molecule has 5 nitrogen and oxygen atoms in total. The van der Waals surface area contributed by atoms with Crippen LogP contribution >= 0.6 is 15.9 Å². The maximum Gasteiger partial charge on any atom is 0.255 e. The molecule has 2 aromatic rings. The van der Waals surface area contributed by atoms with Gasteiger partial charge in [0.2, 0.25) is 0 Å². The van der Waals surface area contributed by atoms with Crippen molar-refractivity contribution in [3.63, 3.8) is 0 Å². The number of rotatable bonds is 7. The van der Waals surface area contributed by atoms with E-state index in [0.29, 0.717) is 21.5 Å². The highest BCUT2D eigenvalue weighted by molar-refractivity contribution is 9.10. The largest absolute Gasteiger partial charge is 0.490 e. The van der Waals surface area contributed by atoms with Gasteiger partial charge in [-0.1, -0.05) is 0 Å². The van der Waals surface area contributed by atoms with Crippen LogP contribution in [-0.2, 0) is 0 Å². The van der Waals surface area contributed by atoms with Crippen LogP contribution < -0.4 is 14.8 Å². The van der Waals surface area contributed by atoms with Crippen molar-refractivity contribution in [1.82, 2.24) is 0 Å². The molecule has 1 amide bonds. The number of halogens is 2. The molecule has 28 heavy (non-hydrogen) atoms. The summed E-state index contributed by atoms with van der Waals surface area (Å²) in [5, 5.41) is 2.63. The van der Waals surface area contributed by atoms with Crippen LogP contribution in [0.5, 0.6) is 11.5 Å². The van der Waals surface area contributed by atoms with E-state index >= 15 is 0 Å². The van der Waals surface area contributed by atoms with E-state index in [1.54, 1.807) is 12.1 Å². The molecule has 0 radical (unpaired) electrons. The molecule has 0 aromatic heterocycles. The SMILES string of the molecule is CC(=O)c1ccc(NC(=O)c2cc(OC(C)C)c(Br)c(OC(C)C)c2)cc1F. The van der Waals surface area contributed by atoms with Gasteiger partial charge in [0.05, 0.1) is 17.8 Å². The number of carbonyl (C=O) groups is 2. The monoisotopic (exact) mass is 451 g/mol. The average molecular weight is 452 g/mol. The number of nitrogens with one attached hydrogen (secondary N) is 1. The van der Waals surface area contributed by atoms with Crippen molar-refractivity contribution >= 4 is 33.3 Å². The van der Waals surface area contributed by atoms with Crippen molar-refractivity contribution in [1.29, 1.82) is 0 Å². The fourth-order valence-corrected chi connectivity index (χ4v) is 2.88. The number of ether oxygens (including phenoxy) is 2. The van der Waals surface area contributed by atoms with Crippen LogP contribution in [0.2, 0.25) is 0 Å². The van der Waals surface area contributed by atoms with Gasteiger partial charge in [0.1, 0.15) is 21.8 Å². The van der Waals surface area contributed by atoms with Gasteiger partial charge in [0.25, 0.3) is 5.91 Å². The van der Waals surface area contributed by atoms with Gasteiger partial charge in [-0.15, -0.1) is 0 Å². The van der Waals surface area contributed by atoms with Crippen LogP contribution in [0.3, 0.4) is 0 Å². The normalized spacial score (nSPS) is 10.9. The molecule has 0 saturated carbocycles. The minimum atomic E-state index is -0.686. The van der Waals surface area contributed by atoms with E-state index in [0.717, 1.165) is 6.07 Å². The first-order valence-electron chi connectivity index (χ1n) is 8.87. The summed E-state index contributed by atoms with van der Waals surface area (Å²) in [4.78, 5) is 24.0. The second-order valence-electron chi connectivity index (χ2n) is 6.82. The Balaban J connectivity index is 2.35. The molecule has 0 aliphatic heterocycles. The lowest BCUT2D eigenvalue weighted by Gasteiger charge is -2.18. The predicted molar refractivity (Wildman–Crippen MR) is 110 cm³/mol. The fourth-order valence-electron chi connectivity index (χ4n) is 2.46. The van der Waals surface area contributed by atoms with Crippen LogP contribution in [-0.4, -0.2) is 23.9 Å². The summed E-state index contributed by atoms with van der Waals surface area (Å²) >= 11 is 3.46. The van der Waals surface area contributed by atoms with Gasteiger partial charge in [-0.3, -0.25) is 9.59 Å². The second kappa shape index (κ2) is 9.19. The molecule has 0 heterocycles. The first-order valence-corrected chi connectivity index (χ1v) is 9.66. The molecule has 0 spiro atoms. The van der Waals surface area contributed by atoms with Crippen LogP contribution in [0.4, 0.5) is 10.1 Å². The number of benzene rings is 2. The minimum Gasteiger partial charge on any atom is -0.490 e. The van der Waals surface area contributed by atoms with Gasteiger partial charge in [-0.2, -0.15) is 0 Å². The van der Waals surface area contributed by atoms with Crippen molar-refractivity contribution in [2.24, 2.45) is 0 Å². The standard InChI is InChI=1S/C21H23BrFNO4/c1-11(2)27-18-8-14(9-19(20(18)22)28-12(3)4)21(26)24-15-6-7-16(13(5)25)17(23)10-15/h6-12H,1-5H3,(H,24,26). The molecule has 0 bridgehead atoms. The third-order valence-corrected chi connectivity index (χ3v) is 4.38.